The summed E-state index contributed by atoms with van der Waals surface area (Å²) in [6.45, 7) is 8.59. The molecule has 1 aliphatic carbocycles. The second-order valence-corrected chi connectivity index (χ2v) is 25.2. The molecule has 0 unspecified atom stereocenters. The molecule has 13 rings (SSSR count). The minimum Gasteiger partial charge on any atom is -0.311 e. The van der Waals surface area contributed by atoms with E-state index in [1.807, 2.05) is 121 Å². The van der Waals surface area contributed by atoms with Gasteiger partial charge in [-0.25, -0.2) is 8.42 Å². The molecule has 0 bridgehead atoms. The van der Waals surface area contributed by atoms with Crippen LogP contribution in [0.5, 0.6) is 0 Å². The van der Waals surface area contributed by atoms with Crippen LogP contribution in [-0.4, -0.2) is 8.42 Å². The minimum atomic E-state index is -3.86. The maximum Gasteiger partial charge on any atom is 0.206 e. The Bertz CT molecular complexity index is 3860. The molecule has 0 N–H and O–H groups in total. The largest absolute Gasteiger partial charge is 0.311 e. The van der Waals surface area contributed by atoms with E-state index < -0.39 is 9.84 Å². The van der Waals surface area contributed by atoms with E-state index >= 15 is 0 Å². The molecule has 0 radical (unpaired) electrons. The van der Waals surface area contributed by atoms with Gasteiger partial charge in [0, 0.05) is 39.5 Å². The van der Waals surface area contributed by atoms with E-state index in [0.717, 1.165) is 44.5 Å². The van der Waals surface area contributed by atoms with Crippen molar-refractivity contribution in [2.24, 2.45) is 0 Å². The third kappa shape index (κ3) is 12.9. The summed E-state index contributed by atoms with van der Waals surface area (Å²) < 4.78 is 28.7. The molecule has 0 heterocycles. The number of hydrogen-bond donors (Lipinski definition) is 0. The molecule has 0 aromatic heterocycles. The van der Waals surface area contributed by atoms with Gasteiger partial charge in [-0.2, -0.15) is 0 Å². The molecule has 1 saturated carbocycles. The fourth-order valence-corrected chi connectivity index (χ4v) is 13.7. The van der Waals surface area contributed by atoms with Gasteiger partial charge in [-0.1, -0.05) is 236 Å². The maximum absolute atomic E-state index is 14.4. The van der Waals surface area contributed by atoms with Gasteiger partial charge in [0.1, 0.15) is 0 Å². The normalized spacial score (nSPS) is 12.8. The molecule has 12 aromatic carbocycles. The zero-order valence-corrected chi connectivity index (χ0v) is 50.8. The number of benzene rings is 12. The van der Waals surface area contributed by atoms with Crippen molar-refractivity contribution in [2.75, 3.05) is 9.80 Å². The van der Waals surface area contributed by atoms with Crippen LogP contribution in [0.25, 0.3) is 44.5 Å². The second kappa shape index (κ2) is 25.8. The van der Waals surface area contributed by atoms with Crippen molar-refractivity contribution in [3.8, 4) is 44.5 Å². The Hall–Kier alpha value is -9.81. The van der Waals surface area contributed by atoms with Crippen LogP contribution in [0.3, 0.4) is 0 Å². The van der Waals surface area contributed by atoms with Gasteiger partial charge in [-0.05, 0) is 205 Å². The topological polar surface area (TPSA) is 40.6 Å². The highest BCUT2D eigenvalue weighted by Gasteiger charge is 2.36. The highest BCUT2D eigenvalue weighted by atomic mass is 32.2. The lowest BCUT2D eigenvalue weighted by molar-refractivity contribution is 0.346. The van der Waals surface area contributed by atoms with Crippen LogP contribution in [0.15, 0.2) is 313 Å². The van der Waals surface area contributed by atoms with E-state index in [-0.39, 0.29) is 15.2 Å². The fourth-order valence-electron chi connectivity index (χ4n) is 12.3. The van der Waals surface area contributed by atoms with Gasteiger partial charge in [0.05, 0.1) is 9.79 Å². The lowest BCUT2D eigenvalue weighted by Gasteiger charge is -2.39. The van der Waals surface area contributed by atoms with Crippen molar-refractivity contribution in [3.63, 3.8) is 0 Å². The average Bonchev–Trinajstić information content (AvgIpc) is 1.06. The molecular formula is C82H72N2O2S. The summed E-state index contributed by atoms with van der Waals surface area (Å²) in [5, 5.41) is 0. The minimum absolute atomic E-state index is 0.00636. The monoisotopic (exact) mass is 1150 g/mol. The summed E-state index contributed by atoms with van der Waals surface area (Å²) in [7, 11) is -3.86. The molecule has 12 aromatic rings. The molecule has 87 heavy (non-hydrogen) atoms. The molecule has 0 spiro atoms. The molecule has 0 amide bonds. The Labute approximate surface area is 515 Å². The lowest BCUT2D eigenvalue weighted by Crippen LogP contribution is -2.30. The number of hydrogen-bond acceptors (Lipinski definition) is 4. The predicted molar refractivity (Wildman–Crippen MR) is 365 cm³/mol. The summed E-state index contributed by atoms with van der Waals surface area (Å²) in [5.41, 5.74) is 22.3. The first kappa shape index (κ1) is 57.6. The number of nitrogens with zero attached hydrogens (tertiary/aromatic N) is 2. The smallest absolute Gasteiger partial charge is 0.206 e. The van der Waals surface area contributed by atoms with Crippen molar-refractivity contribution in [1.82, 2.24) is 0 Å². The van der Waals surface area contributed by atoms with Gasteiger partial charge in [-0.3, -0.25) is 0 Å². The van der Waals surface area contributed by atoms with E-state index in [1.54, 1.807) is 24.3 Å². The van der Waals surface area contributed by atoms with E-state index in [9.17, 15) is 8.42 Å². The molecule has 0 saturated heterocycles. The van der Waals surface area contributed by atoms with E-state index in [0.29, 0.717) is 0 Å². The van der Waals surface area contributed by atoms with Gasteiger partial charge in [0.15, 0.2) is 0 Å². The van der Waals surface area contributed by atoms with Gasteiger partial charge < -0.3 is 9.80 Å². The van der Waals surface area contributed by atoms with Crippen LogP contribution in [0.4, 0.5) is 34.1 Å². The van der Waals surface area contributed by atoms with Crippen LogP contribution in [-0.2, 0) is 15.3 Å². The number of rotatable bonds is 14. The Morgan fingerprint density at radius 2 is 0.494 bits per heavy atom. The molecule has 1 aliphatic rings. The van der Waals surface area contributed by atoms with Crippen LogP contribution < -0.4 is 9.80 Å². The highest BCUT2D eigenvalue weighted by Crippen LogP contribution is 2.47. The average molecular weight is 1150 g/mol. The van der Waals surface area contributed by atoms with Crippen molar-refractivity contribution in [1.29, 1.82) is 0 Å². The first-order chi connectivity index (χ1) is 42.5. The fraction of sp³-hybridized carbons (Fsp3) is 0.122. The van der Waals surface area contributed by atoms with Gasteiger partial charge in [-0.15, -0.1) is 0 Å². The first-order valence-electron chi connectivity index (χ1n) is 30.3. The standard InChI is InChI=1S/C46H46N2.C36H26O2S/c1-34-8-20-40(21-9-34)47(41-22-10-35(2)11-23-41)44-28-16-38(17-29-44)46(32-6-5-7-33-46)39-18-30-45(31-19-39)48(42-24-12-36(3)13-25-42)43-26-14-37(4)15-27-43;37-39(38,35-23-31(27-13-5-1-6-14-27)21-32(24-35)28-15-7-2-8-16-28)36-25-33(29-17-9-3-10-18-29)22-34(26-36)30-19-11-4-12-20-30/h8-31H,5-7,32-33H2,1-4H3;1-26H. The maximum atomic E-state index is 14.4. The Kier molecular flexibility index (Phi) is 17.1. The Morgan fingerprint density at radius 3 is 0.736 bits per heavy atom. The van der Waals surface area contributed by atoms with Crippen molar-refractivity contribution in [3.05, 3.63) is 337 Å². The summed E-state index contributed by atoms with van der Waals surface area (Å²) in [6.07, 6.45) is 6.15. The van der Waals surface area contributed by atoms with Crippen molar-refractivity contribution in [2.45, 2.75) is 75.0 Å². The molecule has 1 fully saturated rings. The SMILES string of the molecule is Cc1ccc(N(c2ccc(C)cc2)c2ccc(C3(c4ccc(N(c5ccc(C)cc5)c5ccc(C)cc5)cc4)CCCCC3)cc2)cc1.O=S(=O)(c1cc(-c2ccccc2)cc(-c2ccccc2)c1)c1cc(-c2ccccc2)cc(-c2ccccc2)c1. The lowest BCUT2D eigenvalue weighted by atomic mass is 9.65. The predicted octanol–water partition coefficient (Wildman–Crippen LogP) is 22.3. The summed E-state index contributed by atoms with van der Waals surface area (Å²) in [5.74, 6) is 0. The van der Waals surface area contributed by atoms with E-state index in [4.69, 9.17) is 0 Å². The van der Waals surface area contributed by atoms with E-state index in [1.165, 1.54) is 99.6 Å². The van der Waals surface area contributed by atoms with Gasteiger partial charge in [0.2, 0.25) is 9.84 Å². The van der Waals surface area contributed by atoms with Gasteiger partial charge in [0.25, 0.3) is 0 Å². The molecule has 4 nitrogen and oxygen atoms in total. The summed E-state index contributed by atoms with van der Waals surface area (Å²) in [4.78, 5) is 5.28. The summed E-state index contributed by atoms with van der Waals surface area (Å²) >= 11 is 0. The molecule has 0 aliphatic heterocycles. The van der Waals surface area contributed by atoms with Crippen molar-refractivity contribution >= 4 is 44.0 Å². The van der Waals surface area contributed by atoms with Crippen LogP contribution in [0, 0.1) is 27.7 Å². The first-order valence-corrected chi connectivity index (χ1v) is 31.8. The zero-order valence-electron chi connectivity index (χ0n) is 50.0. The molecular weight excluding hydrogens is 1080 g/mol. The Morgan fingerprint density at radius 1 is 0.264 bits per heavy atom. The van der Waals surface area contributed by atoms with Crippen LogP contribution in [0.1, 0.15) is 65.5 Å². The third-order valence-corrected chi connectivity index (χ3v) is 18.8. The quantitative estimate of drug-likeness (QED) is 0.109. The number of aryl methyl sites for hydroxylation is 4. The van der Waals surface area contributed by atoms with Crippen molar-refractivity contribution < 1.29 is 8.42 Å². The molecule has 428 valence electrons. The number of anilines is 6. The Balaban J connectivity index is 0.000000173. The van der Waals surface area contributed by atoms with Gasteiger partial charge >= 0.3 is 0 Å². The number of sulfone groups is 1. The zero-order chi connectivity index (χ0) is 59.7. The highest BCUT2D eigenvalue weighted by molar-refractivity contribution is 7.91. The summed E-state index contributed by atoms with van der Waals surface area (Å²) in [6, 6.07) is 105. The second-order valence-electron chi connectivity index (χ2n) is 23.2. The van der Waals surface area contributed by atoms with Crippen LogP contribution in [0.2, 0.25) is 0 Å². The van der Waals surface area contributed by atoms with E-state index in [2.05, 4.69) is 195 Å². The molecule has 0 atom stereocenters. The molecule has 5 heteroatoms. The van der Waals surface area contributed by atoms with Crippen LogP contribution >= 0.6 is 0 Å². The third-order valence-electron chi connectivity index (χ3n) is 17.1.